The molecule has 2 heterocycles. The molecule has 44 heavy (non-hydrogen) atoms. The maximum atomic E-state index is 13.8. The highest BCUT2D eigenvalue weighted by molar-refractivity contribution is 6.02. The van der Waals surface area contributed by atoms with Gasteiger partial charge in [-0.2, -0.15) is 26.3 Å². The molecule has 5 amide bonds. The number of hydrogen-bond donors (Lipinski definition) is 0. The molecule has 0 bridgehead atoms. The maximum Gasteiger partial charge on any atom is 0.416 e. The Labute approximate surface area is 248 Å². The van der Waals surface area contributed by atoms with E-state index in [-0.39, 0.29) is 38.4 Å². The van der Waals surface area contributed by atoms with Crippen molar-refractivity contribution >= 4 is 29.4 Å². The molecule has 0 N–H and O–H groups in total. The number of carbonyl (C=O) groups is 4. The van der Waals surface area contributed by atoms with Crippen molar-refractivity contribution in [1.29, 1.82) is 0 Å². The second kappa shape index (κ2) is 12.1. The molecule has 2 atom stereocenters. The fourth-order valence-corrected chi connectivity index (χ4v) is 5.60. The molecule has 2 saturated heterocycles. The van der Waals surface area contributed by atoms with Gasteiger partial charge in [-0.25, -0.2) is 9.18 Å². The number of urea groups is 1. The Kier molecular flexibility index (Phi) is 8.99. The van der Waals surface area contributed by atoms with Gasteiger partial charge < -0.3 is 9.80 Å². The number of rotatable bonds is 4. The SMILES string of the molecule is CN1C(=O)CC(C(=O)N2CCC(N(C)C(=O)N(C)c3cc(C(F)(F)F)cc(C(F)(F)F)c3)C(c3ccc(F)cc3)C2)CC1=O. The lowest BCUT2D eigenvalue weighted by Gasteiger charge is -2.44. The van der Waals surface area contributed by atoms with Gasteiger partial charge in [-0.15, -0.1) is 0 Å². The fourth-order valence-electron chi connectivity index (χ4n) is 5.60. The van der Waals surface area contributed by atoms with Gasteiger partial charge in [0.25, 0.3) is 0 Å². The third-order valence-electron chi connectivity index (χ3n) is 8.17. The third kappa shape index (κ3) is 6.81. The predicted octanol–water partition coefficient (Wildman–Crippen LogP) is 5.13. The number of halogens is 7. The zero-order chi connectivity index (χ0) is 32.7. The van der Waals surface area contributed by atoms with Crippen LogP contribution < -0.4 is 4.90 Å². The fraction of sp³-hybridized carbons (Fsp3) is 0.448. The first-order chi connectivity index (χ1) is 20.4. The summed E-state index contributed by atoms with van der Waals surface area (Å²) in [6.07, 6.45) is -10.4. The number of piperidine rings is 2. The van der Waals surface area contributed by atoms with Crippen molar-refractivity contribution in [2.45, 2.75) is 43.6 Å². The van der Waals surface area contributed by atoms with Crippen molar-refractivity contribution in [2.24, 2.45) is 5.92 Å². The summed E-state index contributed by atoms with van der Waals surface area (Å²) < 4.78 is 94.4. The van der Waals surface area contributed by atoms with Crippen LogP contribution in [0.15, 0.2) is 42.5 Å². The first-order valence-corrected chi connectivity index (χ1v) is 13.5. The van der Waals surface area contributed by atoms with E-state index in [2.05, 4.69) is 0 Å². The van der Waals surface area contributed by atoms with E-state index in [4.69, 9.17) is 0 Å². The van der Waals surface area contributed by atoms with E-state index in [0.29, 0.717) is 22.6 Å². The van der Waals surface area contributed by atoms with Gasteiger partial charge in [0.2, 0.25) is 17.7 Å². The van der Waals surface area contributed by atoms with Gasteiger partial charge in [0, 0.05) is 64.7 Å². The summed E-state index contributed by atoms with van der Waals surface area (Å²) in [5, 5.41) is 0. The van der Waals surface area contributed by atoms with Crippen molar-refractivity contribution in [3.63, 3.8) is 0 Å². The highest BCUT2D eigenvalue weighted by Crippen LogP contribution is 2.39. The van der Waals surface area contributed by atoms with Crippen molar-refractivity contribution in [3.8, 4) is 0 Å². The van der Waals surface area contributed by atoms with Gasteiger partial charge in [-0.05, 0) is 42.3 Å². The van der Waals surface area contributed by atoms with Gasteiger partial charge in [0.05, 0.1) is 17.0 Å². The molecule has 2 aliphatic rings. The van der Waals surface area contributed by atoms with E-state index >= 15 is 0 Å². The average Bonchev–Trinajstić information content (AvgIpc) is 2.97. The monoisotopic (exact) mass is 630 g/mol. The summed E-state index contributed by atoms with van der Waals surface area (Å²) >= 11 is 0. The van der Waals surface area contributed by atoms with E-state index in [1.165, 1.54) is 48.2 Å². The van der Waals surface area contributed by atoms with Gasteiger partial charge in [0.1, 0.15) is 5.82 Å². The highest BCUT2D eigenvalue weighted by Gasteiger charge is 2.42. The molecule has 8 nitrogen and oxygen atoms in total. The van der Waals surface area contributed by atoms with Crippen molar-refractivity contribution in [2.75, 3.05) is 39.1 Å². The summed E-state index contributed by atoms with van der Waals surface area (Å²) in [6.45, 7) is 0.0754. The molecule has 2 aromatic rings. The molecule has 2 aromatic carbocycles. The van der Waals surface area contributed by atoms with E-state index < -0.39 is 76.6 Å². The lowest BCUT2D eigenvalue weighted by molar-refractivity contribution is -0.154. The Morgan fingerprint density at radius 3 is 1.89 bits per heavy atom. The molecule has 0 radical (unpaired) electrons. The zero-order valence-corrected chi connectivity index (χ0v) is 23.9. The first kappa shape index (κ1) is 32.7. The Balaban J connectivity index is 1.62. The number of carbonyl (C=O) groups excluding carboxylic acids is 4. The Bertz CT molecular complexity index is 1390. The van der Waals surface area contributed by atoms with Gasteiger partial charge >= 0.3 is 18.4 Å². The zero-order valence-electron chi connectivity index (χ0n) is 23.9. The molecule has 2 aliphatic heterocycles. The summed E-state index contributed by atoms with van der Waals surface area (Å²) in [5.41, 5.74) is -3.27. The van der Waals surface area contributed by atoms with Crippen LogP contribution in [-0.4, -0.2) is 78.7 Å². The Morgan fingerprint density at radius 1 is 0.864 bits per heavy atom. The average molecular weight is 631 g/mol. The van der Waals surface area contributed by atoms with Crippen LogP contribution in [0, 0.1) is 11.7 Å². The van der Waals surface area contributed by atoms with Gasteiger partial charge in [-0.3, -0.25) is 24.2 Å². The largest absolute Gasteiger partial charge is 0.416 e. The Hall–Kier alpha value is -4.17. The smallest absolute Gasteiger partial charge is 0.342 e. The lowest BCUT2D eigenvalue weighted by Crippen LogP contribution is -2.55. The van der Waals surface area contributed by atoms with Crippen LogP contribution in [0.4, 0.5) is 41.2 Å². The molecule has 238 valence electrons. The van der Waals surface area contributed by atoms with Crippen LogP contribution in [0.1, 0.15) is 41.9 Å². The van der Waals surface area contributed by atoms with E-state index in [9.17, 15) is 49.9 Å². The number of alkyl halides is 6. The van der Waals surface area contributed by atoms with E-state index in [1.54, 1.807) is 0 Å². The Morgan fingerprint density at radius 2 is 1.39 bits per heavy atom. The van der Waals surface area contributed by atoms with Crippen molar-refractivity contribution in [3.05, 3.63) is 65.0 Å². The lowest BCUT2D eigenvalue weighted by atomic mass is 9.84. The van der Waals surface area contributed by atoms with Gasteiger partial charge in [-0.1, -0.05) is 12.1 Å². The van der Waals surface area contributed by atoms with E-state index in [0.717, 1.165) is 11.9 Å². The van der Waals surface area contributed by atoms with Crippen molar-refractivity contribution < 1.29 is 49.9 Å². The number of likely N-dealkylation sites (tertiary alicyclic amines) is 2. The second-order valence-corrected chi connectivity index (χ2v) is 11.0. The summed E-state index contributed by atoms with van der Waals surface area (Å²) in [6, 6.07) is 4.49. The number of nitrogens with zero attached hydrogens (tertiary/aromatic N) is 4. The minimum atomic E-state index is -5.11. The third-order valence-corrected chi connectivity index (χ3v) is 8.17. The number of hydrogen-bond acceptors (Lipinski definition) is 4. The topological polar surface area (TPSA) is 81.2 Å². The molecule has 0 saturated carbocycles. The number of imide groups is 1. The molecule has 2 fully saturated rings. The minimum Gasteiger partial charge on any atom is -0.342 e. The van der Waals surface area contributed by atoms with Crippen LogP contribution in [0.25, 0.3) is 0 Å². The van der Waals surface area contributed by atoms with Crippen molar-refractivity contribution in [1.82, 2.24) is 14.7 Å². The molecule has 2 unspecified atom stereocenters. The molecule has 15 heteroatoms. The quantitative estimate of drug-likeness (QED) is 0.347. The first-order valence-electron chi connectivity index (χ1n) is 13.5. The molecule has 4 rings (SSSR count). The molecule has 0 aliphatic carbocycles. The normalized spacial score (nSPS) is 20.1. The number of likely N-dealkylation sites (N-methyl/N-ethyl adjacent to an activating group) is 1. The van der Waals surface area contributed by atoms with Crippen LogP contribution in [0.5, 0.6) is 0 Å². The van der Waals surface area contributed by atoms with Crippen LogP contribution >= 0.6 is 0 Å². The summed E-state index contributed by atoms with van der Waals surface area (Å²) in [4.78, 5) is 55.6. The van der Waals surface area contributed by atoms with Crippen LogP contribution in [0.3, 0.4) is 0 Å². The van der Waals surface area contributed by atoms with Crippen LogP contribution in [-0.2, 0) is 26.7 Å². The standard InChI is InChI=1S/C29H29F7N4O4/c1-37(21-13-18(28(31,32)33)12-19(14-21)29(34,35)36)27(44)38(2)23-8-9-40(15-22(23)16-4-6-20(30)7-5-16)26(43)17-10-24(41)39(3)25(42)11-17/h4-7,12-14,17,22-23H,8-11,15H2,1-3H3. The number of benzene rings is 2. The van der Waals surface area contributed by atoms with E-state index in [1.807, 2.05) is 0 Å². The number of amides is 5. The predicted molar refractivity (Wildman–Crippen MR) is 143 cm³/mol. The summed E-state index contributed by atoms with van der Waals surface area (Å²) in [7, 11) is 3.72. The molecule has 0 aromatic heterocycles. The second-order valence-electron chi connectivity index (χ2n) is 11.0. The maximum absolute atomic E-state index is 13.8. The summed E-state index contributed by atoms with van der Waals surface area (Å²) in [5.74, 6) is -3.53. The molecular formula is C29H29F7N4O4. The van der Waals surface area contributed by atoms with Gasteiger partial charge in [0.15, 0.2) is 0 Å². The molecular weight excluding hydrogens is 601 g/mol. The van der Waals surface area contributed by atoms with Crippen LogP contribution in [0.2, 0.25) is 0 Å². The number of anilines is 1. The highest BCUT2D eigenvalue weighted by atomic mass is 19.4. The minimum absolute atomic E-state index is 0.00698. The molecule has 0 spiro atoms.